The molecule has 2 unspecified atom stereocenters. The van der Waals surface area contributed by atoms with E-state index in [4.69, 9.17) is 5.11 Å². The molecule has 2 heterocycles. The monoisotopic (exact) mass is 270 g/mol. The number of urea groups is 1. The van der Waals surface area contributed by atoms with Crippen molar-refractivity contribution in [1.82, 2.24) is 14.3 Å². The molecule has 1 fully saturated rings. The normalized spacial score (nSPS) is 23.1. The van der Waals surface area contributed by atoms with E-state index in [2.05, 4.69) is 14.7 Å². The zero-order valence-electron chi connectivity index (χ0n) is 10.1. The van der Waals surface area contributed by atoms with E-state index in [1.54, 1.807) is 6.92 Å². The molecule has 0 saturated carbocycles. The third-order valence-electron chi connectivity index (χ3n) is 2.96. The van der Waals surface area contributed by atoms with E-state index in [0.717, 1.165) is 11.5 Å². The van der Waals surface area contributed by atoms with Crippen LogP contribution in [-0.4, -0.2) is 44.5 Å². The lowest BCUT2D eigenvalue weighted by Gasteiger charge is -2.15. The molecule has 0 aromatic carbocycles. The van der Waals surface area contributed by atoms with Crippen molar-refractivity contribution < 1.29 is 14.7 Å². The fourth-order valence-corrected chi connectivity index (χ4v) is 2.54. The van der Waals surface area contributed by atoms with Crippen LogP contribution in [0, 0.1) is 18.8 Å². The van der Waals surface area contributed by atoms with Gasteiger partial charge in [0, 0.05) is 24.6 Å². The van der Waals surface area contributed by atoms with Gasteiger partial charge in [0.05, 0.1) is 5.92 Å². The number of hydrogen-bond donors (Lipinski definition) is 2. The fourth-order valence-electron chi connectivity index (χ4n) is 1.97. The first kappa shape index (κ1) is 12.7. The highest BCUT2D eigenvalue weighted by atomic mass is 32.1. The van der Waals surface area contributed by atoms with Gasteiger partial charge in [-0.2, -0.15) is 4.37 Å². The number of carbonyl (C=O) groups is 2. The Balaban J connectivity index is 1.97. The SMILES string of the molecule is Cc1nsc(NC(=O)N2CC(C)C(C(=O)O)C2)n1. The van der Waals surface area contributed by atoms with Gasteiger partial charge in [-0.3, -0.25) is 10.1 Å². The number of hydrogen-bond acceptors (Lipinski definition) is 5. The van der Waals surface area contributed by atoms with E-state index in [9.17, 15) is 9.59 Å². The molecule has 1 aromatic rings. The minimum atomic E-state index is -0.857. The Morgan fingerprint density at radius 2 is 2.22 bits per heavy atom. The molecule has 7 nitrogen and oxygen atoms in total. The summed E-state index contributed by atoms with van der Waals surface area (Å²) in [5.74, 6) is -0.783. The lowest BCUT2D eigenvalue weighted by molar-refractivity contribution is -0.142. The number of aromatic nitrogens is 2. The number of nitrogens with zero attached hydrogens (tertiary/aromatic N) is 3. The lowest BCUT2D eigenvalue weighted by Crippen LogP contribution is -2.33. The van der Waals surface area contributed by atoms with Crippen LogP contribution in [-0.2, 0) is 4.79 Å². The number of aliphatic carboxylic acids is 1. The van der Waals surface area contributed by atoms with Gasteiger partial charge < -0.3 is 10.0 Å². The molecule has 2 amide bonds. The van der Waals surface area contributed by atoms with Crippen molar-refractivity contribution in [3.8, 4) is 0 Å². The Kier molecular flexibility index (Phi) is 3.46. The Bertz CT molecular complexity index is 475. The summed E-state index contributed by atoms with van der Waals surface area (Å²) in [6.07, 6.45) is 0. The zero-order chi connectivity index (χ0) is 13.3. The Labute approximate surface area is 108 Å². The van der Waals surface area contributed by atoms with E-state index in [0.29, 0.717) is 17.5 Å². The van der Waals surface area contributed by atoms with Crippen molar-refractivity contribution in [3.63, 3.8) is 0 Å². The molecule has 0 radical (unpaired) electrons. The number of rotatable bonds is 2. The largest absolute Gasteiger partial charge is 0.481 e. The van der Waals surface area contributed by atoms with Gasteiger partial charge >= 0.3 is 12.0 Å². The lowest BCUT2D eigenvalue weighted by atomic mass is 9.99. The van der Waals surface area contributed by atoms with Crippen LogP contribution in [0.4, 0.5) is 9.93 Å². The third-order valence-corrected chi connectivity index (χ3v) is 3.68. The van der Waals surface area contributed by atoms with Gasteiger partial charge in [0.2, 0.25) is 5.13 Å². The molecule has 8 heteroatoms. The highest BCUT2D eigenvalue weighted by Crippen LogP contribution is 2.24. The summed E-state index contributed by atoms with van der Waals surface area (Å²) in [5, 5.41) is 12.1. The van der Waals surface area contributed by atoms with Gasteiger partial charge in [-0.25, -0.2) is 9.78 Å². The maximum absolute atomic E-state index is 11.9. The van der Waals surface area contributed by atoms with Crippen molar-refractivity contribution in [2.75, 3.05) is 18.4 Å². The molecular formula is C10H14N4O3S. The highest BCUT2D eigenvalue weighted by molar-refractivity contribution is 7.09. The number of aryl methyl sites for hydroxylation is 1. The first-order chi connectivity index (χ1) is 8.47. The topological polar surface area (TPSA) is 95.4 Å². The molecule has 2 rings (SSSR count). The van der Waals surface area contributed by atoms with E-state index in [1.165, 1.54) is 4.90 Å². The van der Waals surface area contributed by atoms with E-state index < -0.39 is 11.9 Å². The molecule has 1 saturated heterocycles. The van der Waals surface area contributed by atoms with E-state index in [-0.39, 0.29) is 18.5 Å². The fraction of sp³-hybridized carbons (Fsp3) is 0.600. The summed E-state index contributed by atoms with van der Waals surface area (Å²) in [6.45, 7) is 4.26. The first-order valence-electron chi connectivity index (χ1n) is 5.56. The van der Waals surface area contributed by atoms with Crippen molar-refractivity contribution in [1.29, 1.82) is 0 Å². The standard InChI is InChI=1S/C10H14N4O3S/c1-5-3-14(4-7(5)8(15)16)10(17)12-9-11-6(2)13-18-9/h5,7H,3-4H2,1-2H3,(H,15,16)(H,11,12,13,17). The van der Waals surface area contributed by atoms with Crippen LogP contribution >= 0.6 is 11.5 Å². The van der Waals surface area contributed by atoms with Gasteiger partial charge in [-0.05, 0) is 12.8 Å². The molecule has 18 heavy (non-hydrogen) atoms. The maximum atomic E-state index is 11.9. The molecule has 1 aromatic heterocycles. The molecule has 2 N–H and O–H groups in total. The molecule has 0 aliphatic carbocycles. The van der Waals surface area contributed by atoms with Crippen LogP contribution in [0.25, 0.3) is 0 Å². The summed E-state index contributed by atoms with van der Waals surface area (Å²) in [6, 6.07) is -0.318. The van der Waals surface area contributed by atoms with Crippen molar-refractivity contribution in [3.05, 3.63) is 5.82 Å². The van der Waals surface area contributed by atoms with Crippen LogP contribution in [0.2, 0.25) is 0 Å². The number of carboxylic acids is 1. The summed E-state index contributed by atoms with van der Waals surface area (Å²) in [7, 11) is 0. The van der Waals surface area contributed by atoms with Crippen molar-refractivity contribution in [2.45, 2.75) is 13.8 Å². The van der Waals surface area contributed by atoms with E-state index in [1.807, 2.05) is 6.92 Å². The smallest absolute Gasteiger partial charge is 0.323 e. The summed E-state index contributed by atoms with van der Waals surface area (Å²) in [4.78, 5) is 28.4. The minimum absolute atomic E-state index is 0.0376. The zero-order valence-corrected chi connectivity index (χ0v) is 10.9. The van der Waals surface area contributed by atoms with Crippen LogP contribution in [0.3, 0.4) is 0 Å². The number of carbonyl (C=O) groups excluding carboxylic acids is 1. The number of carboxylic acid groups (broad SMARTS) is 1. The summed E-state index contributed by atoms with van der Waals surface area (Å²) in [5.41, 5.74) is 0. The number of amides is 2. The van der Waals surface area contributed by atoms with Crippen molar-refractivity contribution in [2.24, 2.45) is 11.8 Å². The van der Waals surface area contributed by atoms with Crippen molar-refractivity contribution >= 4 is 28.7 Å². The second kappa shape index (κ2) is 4.89. The number of likely N-dealkylation sites (tertiary alicyclic amines) is 1. The summed E-state index contributed by atoms with van der Waals surface area (Å²) >= 11 is 1.11. The number of nitrogens with one attached hydrogen (secondary N) is 1. The maximum Gasteiger partial charge on any atom is 0.323 e. The van der Waals surface area contributed by atoms with Crippen LogP contribution < -0.4 is 5.32 Å². The van der Waals surface area contributed by atoms with Gasteiger partial charge in [0.1, 0.15) is 5.82 Å². The summed E-state index contributed by atoms with van der Waals surface area (Å²) < 4.78 is 3.96. The molecule has 0 spiro atoms. The van der Waals surface area contributed by atoms with Crippen LogP contribution in [0.1, 0.15) is 12.7 Å². The predicted molar refractivity (Wildman–Crippen MR) is 65.5 cm³/mol. The van der Waals surface area contributed by atoms with Gasteiger partial charge in [-0.1, -0.05) is 6.92 Å². The Morgan fingerprint density at radius 3 is 2.72 bits per heavy atom. The quantitative estimate of drug-likeness (QED) is 0.836. The molecule has 98 valence electrons. The second-order valence-corrected chi connectivity index (χ2v) is 5.16. The average Bonchev–Trinajstić information content (AvgIpc) is 2.85. The average molecular weight is 270 g/mol. The molecule has 1 aliphatic rings. The predicted octanol–water partition coefficient (Wildman–Crippen LogP) is 1.03. The molecule has 0 bridgehead atoms. The first-order valence-corrected chi connectivity index (χ1v) is 6.33. The third kappa shape index (κ3) is 2.58. The van der Waals surface area contributed by atoms with Gasteiger partial charge in [0.15, 0.2) is 0 Å². The minimum Gasteiger partial charge on any atom is -0.481 e. The molecule has 1 aliphatic heterocycles. The molecular weight excluding hydrogens is 256 g/mol. The second-order valence-electron chi connectivity index (χ2n) is 4.40. The Hall–Kier alpha value is -1.70. The molecule has 2 atom stereocenters. The van der Waals surface area contributed by atoms with Crippen LogP contribution in [0.5, 0.6) is 0 Å². The number of anilines is 1. The van der Waals surface area contributed by atoms with Crippen LogP contribution in [0.15, 0.2) is 0 Å². The Morgan fingerprint density at radius 1 is 1.50 bits per heavy atom. The highest BCUT2D eigenvalue weighted by Gasteiger charge is 2.37. The van der Waals surface area contributed by atoms with E-state index >= 15 is 0 Å². The van der Waals surface area contributed by atoms with Gasteiger partial charge in [-0.15, -0.1) is 0 Å². The van der Waals surface area contributed by atoms with Gasteiger partial charge in [0.25, 0.3) is 0 Å².